The molecule has 2 aliphatic heterocycles. The van der Waals surface area contributed by atoms with E-state index >= 15 is 0 Å². The number of aliphatic hydroxyl groups is 1. The van der Waals surface area contributed by atoms with Crippen molar-refractivity contribution in [1.29, 1.82) is 0 Å². The molecule has 0 aromatic carbocycles. The van der Waals surface area contributed by atoms with Crippen molar-refractivity contribution in [1.82, 2.24) is 0 Å². The fourth-order valence-electron chi connectivity index (χ4n) is 3.10. The summed E-state index contributed by atoms with van der Waals surface area (Å²) >= 11 is 0. The molecule has 2 aliphatic rings. The van der Waals surface area contributed by atoms with Gasteiger partial charge < -0.3 is 9.84 Å². The van der Waals surface area contributed by atoms with E-state index in [1.54, 1.807) is 0 Å². The summed E-state index contributed by atoms with van der Waals surface area (Å²) in [5.41, 5.74) is 0. The first-order valence-corrected chi connectivity index (χ1v) is 5.37. The zero-order valence-corrected chi connectivity index (χ0v) is 8.90. The number of ether oxygens (including phenoxy) is 1. The van der Waals surface area contributed by atoms with Crippen molar-refractivity contribution in [3.8, 4) is 0 Å². The highest BCUT2D eigenvalue weighted by molar-refractivity contribution is 4.99. The van der Waals surface area contributed by atoms with Gasteiger partial charge in [0.05, 0.1) is 18.3 Å². The molecule has 0 amide bonds. The Kier molecular flexibility index (Phi) is 2.16. The molecule has 2 unspecified atom stereocenters. The molecule has 2 nitrogen and oxygen atoms in total. The summed E-state index contributed by atoms with van der Waals surface area (Å²) in [5, 5.41) is 9.98. The predicted molar refractivity (Wildman–Crippen MR) is 51.3 cm³/mol. The van der Waals surface area contributed by atoms with Crippen LogP contribution in [0.1, 0.15) is 27.7 Å². The van der Waals surface area contributed by atoms with Crippen molar-refractivity contribution in [2.75, 3.05) is 0 Å². The highest BCUT2D eigenvalue weighted by Crippen LogP contribution is 2.46. The molecule has 0 saturated carbocycles. The van der Waals surface area contributed by atoms with Gasteiger partial charge >= 0.3 is 0 Å². The van der Waals surface area contributed by atoms with Crippen LogP contribution in [-0.2, 0) is 4.74 Å². The van der Waals surface area contributed by atoms with Gasteiger partial charge in [-0.3, -0.25) is 0 Å². The van der Waals surface area contributed by atoms with E-state index in [0.29, 0.717) is 23.7 Å². The molecule has 2 saturated heterocycles. The fourth-order valence-corrected chi connectivity index (χ4v) is 3.10. The van der Waals surface area contributed by atoms with Gasteiger partial charge in [0.1, 0.15) is 0 Å². The maximum Gasteiger partial charge on any atom is 0.0658 e. The standard InChI is InChI=1S/C11H20O2/c1-5-6(2)11-8(4)9(12)7(3)10(5)13-11/h5-12H,1-4H3/t5-,6?,7+,8-,9?,10+,11-/m1/s1. The number of hydrogen-bond donors (Lipinski definition) is 1. The molecule has 0 radical (unpaired) electrons. The fraction of sp³-hybridized carbons (Fsp3) is 1.00. The second kappa shape index (κ2) is 2.96. The van der Waals surface area contributed by atoms with Gasteiger partial charge in [0, 0.05) is 11.8 Å². The van der Waals surface area contributed by atoms with Crippen molar-refractivity contribution >= 4 is 0 Å². The van der Waals surface area contributed by atoms with E-state index < -0.39 is 0 Å². The predicted octanol–water partition coefficient (Wildman–Crippen LogP) is 1.67. The highest BCUT2D eigenvalue weighted by Gasteiger charge is 2.52. The Hall–Kier alpha value is -0.0800. The molecule has 2 fully saturated rings. The van der Waals surface area contributed by atoms with Crippen LogP contribution in [0, 0.1) is 23.7 Å². The van der Waals surface area contributed by atoms with E-state index in [0.717, 1.165) is 0 Å². The molecule has 2 heterocycles. The largest absolute Gasteiger partial charge is 0.392 e. The molecule has 2 heteroatoms. The average molecular weight is 184 g/mol. The first kappa shape index (κ1) is 9.47. The van der Waals surface area contributed by atoms with Crippen LogP contribution in [0.5, 0.6) is 0 Å². The van der Waals surface area contributed by atoms with Crippen molar-refractivity contribution in [3.63, 3.8) is 0 Å². The summed E-state index contributed by atoms with van der Waals surface area (Å²) < 4.78 is 5.96. The molecular weight excluding hydrogens is 164 g/mol. The third-order valence-corrected chi connectivity index (χ3v) is 4.29. The lowest BCUT2D eigenvalue weighted by molar-refractivity contribution is -0.134. The maximum absolute atomic E-state index is 9.98. The third kappa shape index (κ3) is 1.15. The quantitative estimate of drug-likeness (QED) is 0.620. The maximum atomic E-state index is 9.98. The van der Waals surface area contributed by atoms with Crippen LogP contribution in [-0.4, -0.2) is 23.4 Å². The van der Waals surface area contributed by atoms with Gasteiger partial charge in [-0.2, -0.15) is 0 Å². The summed E-state index contributed by atoms with van der Waals surface area (Å²) in [6, 6.07) is 0. The molecule has 2 bridgehead atoms. The lowest BCUT2D eigenvalue weighted by Crippen LogP contribution is -2.44. The minimum absolute atomic E-state index is 0.170. The normalized spacial score (nSPS) is 61.2. The lowest BCUT2D eigenvalue weighted by atomic mass is 9.86. The van der Waals surface area contributed by atoms with Crippen LogP contribution in [0.15, 0.2) is 0 Å². The number of aliphatic hydroxyl groups excluding tert-OH is 1. The number of hydrogen-bond acceptors (Lipinski definition) is 2. The van der Waals surface area contributed by atoms with Crippen LogP contribution in [0.2, 0.25) is 0 Å². The Morgan fingerprint density at radius 1 is 0.769 bits per heavy atom. The Morgan fingerprint density at radius 3 is 1.54 bits per heavy atom. The van der Waals surface area contributed by atoms with E-state index in [4.69, 9.17) is 4.74 Å². The Balaban J connectivity index is 2.26. The van der Waals surface area contributed by atoms with Gasteiger partial charge in [-0.25, -0.2) is 0 Å². The lowest BCUT2D eigenvalue weighted by Gasteiger charge is -2.37. The van der Waals surface area contributed by atoms with Crippen LogP contribution >= 0.6 is 0 Å². The van der Waals surface area contributed by atoms with Crippen LogP contribution in [0.3, 0.4) is 0 Å². The Labute approximate surface area is 80.3 Å². The second-order valence-corrected chi connectivity index (χ2v) is 4.99. The van der Waals surface area contributed by atoms with Crippen molar-refractivity contribution in [2.45, 2.75) is 46.0 Å². The molecule has 0 aliphatic carbocycles. The number of fused-ring (bicyclic) bond motifs is 2. The van der Waals surface area contributed by atoms with E-state index in [1.165, 1.54) is 0 Å². The monoisotopic (exact) mass is 184 g/mol. The van der Waals surface area contributed by atoms with Crippen LogP contribution in [0.4, 0.5) is 0 Å². The zero-order valence-electron chi connectivity index (χ0n) is 8.90. The summed E-state index contributed by atoms with van der Waals surface area (Å²) in [4.78, 5) is 0. The minimum Gasteiger partial charge on any atom is -0.392 e. The summed E-state index contributed by atoms with van der Waals surface area (Å²) in [6.45, 7) is 8.71. The highest BCUT2D eigenvalue weighted by atomic mass is 16.5. The Morgan fingerprint density at radius 2 is 1.15 bits per heavy atom. The molecule has 7 atom stereocenters. The molecule has 0 spiro atoms. The second-order valence-electron chi connectivity index (χ2n) is 4.99. The molecule has 13 heavy (non-hydrogen) atoms. The smallest absolute Gasteiger partial charge is 0.0658 e. The van der Waals surface area contributed by atoms with E-state index in [2.05, 4.69) is 27.7 Å². The third-order valence-electron chi connectivity index (χ3n) is 4.29. The molecule has 0 aromatic heterocycles. The van der Waals surface area contributed by atoms with Gasteiger partial charge in [0.25, 0.3) is 0 Å². The first-order valence-electron chi connectivity index (χ1n) is 5.37. The van der Waals surface area contributed by atoms with Gasteiger partial charge in [-0.15, -0.1) is 0 Å². The molecule has 2 rings (SSSR count). The zero-order chi connectivity index (χ0) is 9.75. The van der Waals surface area contributed by atoms with Crippen molar-refractivity contribution in [3.05, 3.63) is 0 Å². The molecule has 1 N–H and O–H groups in total. The summed E-state index contributed by atoms with van der Waals surface area (Å²) in [6.07, 6.45) is 0.397. The van der Waals surface area contributed by atoms with Crippen LogP contribution in [0.25, 0.3) is 0 Å². The minimum atomic E-state index is -0.170. The number of rotatable bonds is 0. The Bertz CT molecular complexity index is 184. The molecular formula is C11H20O2. The summed E-state index contributed by atoms with van der Waals surface area (Å²) in [5.74, 6) is 1.79. The molecule has 76 valence electrons. The van der Waals surface area contributed by atoms with Crippen molar-refractivity contribution < 1.29 is 9.84 Å². The SMILES string of the molecule is CC1[C@@H](C)[C@@H]2O[C@H]1[C@H](C)C(O)[C@@H]2C. The van der Waals surface area contributed by atoms with Gasteiger partial charge in [-0.05, 0) is 11.8 Å². The van der Waals surface area contributed by atoms with E-state index in [9.17, 15) is 5.11 Å². The van der Waals surface area contributed by atoms with E-state index in [-0.39, 0.29) is 18.3 Å². The van der Waals surface area contributed by atoms with E-state index in [1.807, 2.05) is 0 Å². The first-order chi connectivity index (χ1) is 6.04. The van der Waals surface area contributed by atoms with Gasteiger partial charge in [0.15, 0.2) is 0 Å². The topological polar surface area (TPSA) is 29.5 Å². The van der Waals surface area contributed by atoms with Crippen LogP contribution < -0.4 is 0 Å². The summed E-state index contributed by atoms with van der Waals surface area (Å²) in [7, 11) is 0. The average Bonchev–Trinajstić information content (AvgIpc) is 2.38. The van der Waals surface area contributed by atoms with Gasteiger partial charge in [0.2, 0.25) is 0 Å². The van der Waals surface area contributed by atoms with Crippen molar-refractivity contribution in [2.24, 2.45) is 23.7 Å². The molecule has 0 aromatic rings. The van der Waals surface area contributed by atoms with Gasteiger partial charge in [-0.1, -0.05) is 27.7 Å².